The van der Waals surface area contributed by atoms with Gasteiger partial charge in [0.2, 0.25) is 5.91 Å². The molecule has 3 N–H and O–H groups in total. The molecule has 0 spiro atoms. The summed E-state index contributed by atoms with van der Waals surface area (Å²) in [6, 6.07) is 0.339. The molecule has 2 rings (SSSR count). The maximum absolute atomic E-state index is 12.0. The number of hydrogen-bond acceptors (Lipinski definition) is 4. The third-order valence-corrected chi connectivity index (χ3v) is 6.16. The minimum atomic E-state index is -3.22. The molecule has 1 heterocycles. The fourth-order valence-electron chi connectivity index (χ4n) is 2.81. The highest BCUT2D eigenvalue weighted by Gasteiger charge is 2.35. The van der Waals surface area contributed by atoms with Crippen LogP contribution in [-0.4, -0.2) is 37.4 Å². The molecule has 1 aliphatic heterocycles. The van der Waals surface area contributed by atoms with Gasteiger partial charge in [0.1, 0.15) is 5.25 Å². The summed E-state index contributed by atoms with van der Waals surface area (Å²) in [5.74, 6) is -0.143. The van der Waals surface area contributed by atoms with Crippen LogP contribution in [0.4, 0.5) is 0 Å². The highest BCUT2D eigenvalue weighted by atomic mass is 32.2. The number of carbonyl (C=O) groups excluding carboxylic acids is 1. The van der Waals surface area contributed by atoms with E-state index in [9.17, 15) is 13.2 Å². The van der Waals surface area contributed by atoms with Crippen LogP contribution in [0.5, 0.6) is 0 Å². The number of rotatable bonds is 2. The molecule has 6 heteroatoms. The molecule has 1 saturated carbocycles. The van der Waals surface area contributed by atoms with Gasteiger partial charge in [0.15, 0.2) is 9.84 Å². The molecule has 1 amide bonds. The molecule has 1 saturated heterocycles. The summed E-state index contributed by atoms with van der Waals surface area (Å²) < 4.78 is 23.7. The number of amides is 1. The van der Waals surface area contributed by atoms with Gasteiger partial charge in [0, 0.05) is 12.1 Å². The Balaban J connectivity index is 1.91. The number of nitrogens with one attached hydrogen (secondary N) is 1. The molecule has 0 radical (unpaired) electrons. The molecule has 0 bridgehead atoms. The summed E-state index contributed by atoms with van der Waals surface area (Å²) in [6.45, 7) is 0. The smallest absolute Gasteiger partial charge is 0.238 e. The van der Waals surface area contributed by atoms with Crippen LogP contribution in [-0.2, 0) is 14.6 Å². The second-order valence-electron chi connectivity index (χ2n) is 5.47. The molecule has 0 aromatic carbocycles. The van der Waals surface area contributed by atoms with E-state index < -0.39 is 15.1 Å². The lowest BCUT2D eigenvalue weighted by Gasteiger charge is -2.29. The van der Waals surface area contributed by atoms with Gasteiger partial charge in [-0.3, -0.25) is 4.79 Å². The summed E-state index contributed by atoms with van der Waals surface area (Å²) in [7, 11) is -3.22. The molecule has 0 aromatic heterocycles. The van der Waals surface area contributed by atoms with Crippen LogP contribution in [0.15, 0.2) is 0 Å². The van der Waals surface area contributed by atoms with Crippen molar-refractivity contribution in [2.75, 3.05) is 5.75 Å². The van der Waals surface area contributed by atoms with Gasteiger partial charge in [-0.25, -0.2) is 8.42 Å². The van der Waals surface area contributed by atoms with Crippen molar-refractivity contribution in [3.05, 3.63) is 0 Å². The highest BCUT2D eigenvalue weighted by molar-refractivity contribution is 7.92. The molecule has 104 valence electrons. The lowest BCUT2D eigenvalue weighted by Crippen LogP contribution is -2.48. The molecule has 1 aliphatic carbocycles. The summed E-state index contributed by atoms with van der Waals surface area (Å²) in [6.07, 6.45) is 5.52. The van der Waals surface area contributed by atoms with E-state index in [1.165, 1.54) is 0 Å². The second-order valence-corrected chi connectivity index (χ2v) is 7.77. The van der Waals surface area contributed by atoms with Crippen molar-refractivity contribution >= 4 is 15.7 Å². The SMILES string of the molecule is NC1CCC(NC(=O)C2CCCCS2(=O)=O)CC1. The van der Waals surface area contributed by atoms with E-state index >= 15 is 0 Å². The molecular formula is C12H22N2O3S. The van der Waals surface area contributed by atoms with Crippen LogP contribution in [0.25, 0.3) is 0 Å². The summed E-state index contributed by atoms with van der Waals surface area (Å²) in [5.41, 5.74) is 5.81. The molecular weight excluding hydrogens is 252 g/mol. The summed E-state index contributed by atoms with van der Waals surface area (Å²) in [5, 5.41) is 2.07. The van der Waals surface area contributed by atoms with E-state index in [1.54, 1.807) is 0 Å². The first kappa shape index (κ1) is 13.8. The average molecular weight is 274 g/mol. The number of carbonyl (C=O) groups is 1. The zero-order valence-electron chi connectivity index (χ0n) is 10.6. The maximum Gasteiger partial charge on any atom is 0.238 e. The van der Waals surface area contributed by atoms with Crippen LogP contribution < -0.4 is 11.1 Å². The van der Waals surface area contributed by atoms with Crippen LogP contribution in [0.2, 0.25) is 0 Å². The third-order valence-electron chi connectivity index (χ3n) is 3.99. The van der Waals surface area contributed by atoms with E-state index in [4.69, 9.17) is 5.73 Å². The number of nitrogens with two attached hydrogens (primary N) is 1. The van der Waals surface area contributed by atoms with Gasteiger partial charge in [-0.05, 0) is 38.5 Å². The summed E-state index contributed by atoms with van der Waals surface area (Å²) in [4.78, 5) is 12.0. The fraction of sp³-hybridized carbons (Fsp3) is 0.917. The Labute approximate surface area is 108 Å². The van der Waals surface area contributed by atoms with Crippen LogP contribution in [0.3, 0.4) is 0 Å². The first-order valence-corrected chi connectivity index (χ1v) is 8.48. The van der Waals surface area contributed by atoms with E-state index in [1.807, 2.05) is 0 Å². The Morgan fingerprint density at radius 1 is 1.06 bits per heavy atom. The maximum atomic E-state index is 12.0. The first-order chi connectivity index (χ1) is 8.49. The Hall–Kier alpha value is -0.620. The largest absolute Gasteiger partial charge is 0.352 e. The van der Waals surface area contributed by atoms with Gasteiger partial charge in [-0.1, -0.05) is 6.42 Å². The van der Waals surface area contributed by atoms with E-state index in [-0.39, 0.29) is 23.7 Å². The Bertz CT molecular complexity index is 400. The molecule has 0 aromatic rings. The van der Waals surface area contributed by atoms with Gasteiger partial charge in [0.05, 0.1) is 5.75 Å². The summed E-state index contributed by atoms with van der Waals surface area (Å²) >= 11 is 0. The Morgan fingerprint density at radius 3 is 2.33 bits per heavy atom. The van der Waals surface area contributed by atoms with Crippen molar-refractivity contribution in [3.8, 4) is 0 Å². The van der Waals surface area contributed by atoms with Crippen LogP contribution >= 0.6 is 0 Å². The van der Waals surface area contributed by atoms with Crippen LogP contribution in [0, 0.1) is 0 Å². The fourth-order valence-corrected chi connectivity index (χ4v) is 4.62. The molecule has 18 heavy (non-hydrogen) atoms. The van der Waals surface area contributed by atoms with Crippen molar-refractivity contribution in [3.63, 3.8) is 0 Å². The zero-order valence-corrected chi connectivity index (χ0v) is 11.4. The van der Waals surface area contributed by atoms with Gasteiger partial charge >= 0.3 is 0 Å². The predicted molar refractivity (Wildman–Crippen MR) is 69.8 cm³/mol. The van der Waals surface area contributed by atoms with Crippen LogP contribution in [0.1, 0.15) is 44.9 Å². The highest BCUT2D eigenvalue weighted by Crippen LogP contribution is 2.21. The molecule has 1 unspecified atom stereocenters. The van der Waals surface area contributed by atoms with Crippen molar-refractivity contribution in [1.29, 1.82) is 0 Å². The molecule has 2 fully saturated rings. The number of sulfone groups is 1. The predicted octanol–water partition coefficient (Wildman–Crippen LogP) is 0.340. The van der Waals surface area contributed by atoms with E-state index in [2.05, 4.69) is 5.32 Å². The zero-order chi connectivity index (χ0) is 13.2. The van der Waals surface area contributed by atoms with Gasteiger partial charge in [-0.15, -0.1) is 0 Å². The standard InChI is InChI=1S/C12H22N2O3S/c13-9-4-6-10(7-5-9)14-12(15)11-3-1-2-8-18(11,16)17/h9-11H,1-8,13H2,(H,14,15). The minimum absolute atomic E-state index is 0.106. The average Bonchev–Trinajstić information content (AvgIpc) is 2.31. The third kappa shape index (κ3) is 3.23. The first-order valence-electron chi connectivity index (χ1n) is 6.76. The van der Waals surface area contributed by atoms with Gasteiger partial charge in [-0.2, -0.15) is 0 Å². The topological polar surface area (TPSA) is 89.3 Å². The normalized spacial score (nSPS) is 35.9. The molecule has 1 atom stereocenters. The Morgan fingerprint density at radius 2 is 1.72 bits per heavy atom. The molecule has 5 nitrogen and oxygen atoms in total. The monoisotopic (exact) mass is 274 g/mol. The van der Waals surface area contributed by atoms with Crippen molar-refractivity contribution < 1.29 is 13.2 Å². The lowest BCUT2D eigenvalue weighted by atomic mass is 9.91. The lowest BCUT2D eigenvalue weighted by molar-refractivity contribution is -0.121. The minimum Gasteiger partial charge on any atom is -0.352 e. The van der Waals surface area contributed by atoms with Gasteiger partial charge in [0.25, 0.3) is 0 Å². The van der Waals surface area contributed by atoms with Crippen molar-refractivity contribution in [2.45, 2.75) is 62.3 Å². The van der Waals surface area contributed by atoms with E-state index in [0.717, 1.165) is 32.1 Å². The quantitative estimate of drug-likeness (QED) is 0.760. The molecule has 2 aliphatic rings. The van der Waals surface area contributed by atoms with Gasteiger partial charge < -0.3 is 11.1 Å². The van der Waals surface area contributed by atoms with Crippen molar-refractivity contribution in [1.82, 2.24) is 5.32 Å². The van der Waals surface area contributed by atoms with E-state index in [0.29, 0.717) is 12.8 Å². The Kier molecular flexibility index (Phi) is 4.27. The second kappa shape index (κ2) is 5.57. The number of hydrogen-bond donors (Lipinski definition) is 2. The van der Waals surface area contributed by atoms with Crippen molar-refractivity contribution in [2.24, 2.45) is 5.73 Å².